The fraction of sp³-hybridized carbons (Fsp3) is 0.538. The van der Waals surface area contributed by atoms with Crippen LogP contribution >= 0.6 is 11.6 Å². The van der Waals surface area contributed by atoms with Crippen molar-refractivity contribution in [2.75, 3.05) is 7.05 Å². The van der Waals surface area contributed by atoms with Gasteiger partial charge < -0.3 is 0 Å². The monoisotopic (exact) mass is 289 g/mol. The molecule has 1 aromatic carbocycles. The third-order valence-electron chi connectivity index (χ3n) is 3.31. The molecule has 0 N–H and O–H groups in total. The molecule has 18 heavy (non-hydrogen) atoms. The first-order valence-electron chi connectivity index (χ1n) is 5.94. The van der Waals surface area contributed by atoms with Gasteiger partial charge in [-0.15, -0.1) is 11.6 Å². The van der Waals surface area contributed by atoms with Gasteiger partial charge in [0.25, 0.3) is 0 Å². The Morgan fingerprint density at radius 1 is 1.22 bits per heavy atom. The first kappa shape index (κ1) is 15.5. The predicted octanol–water partition coefficient (Wildman–Crippen LogP) is 3.09. The van der Waals surface area contributed by atoms with Crippen LogP contribution in [0.15, 0.2) is 29.2 Å². The second-order valence-electron chi connectivity index (χ2n) is 4.75. The highest BCUT2D eigenvalue weighted by atomic mass is 35.5. The summed E-state index contributed by atoms with van der Waals surface area (Å²) in [6, 6.07) is 6.81. The van der Waals surface area contributed by atoms with E-state index in [2.05, 4.69) is 0 Å². The molecule has 3 nitrogen and oxygen atoms in total. The number of hydrogen-bond acceptors (Lipinski definition) is 2. The van der Waals surface area contributed by atoms with Crippen LogP contribution in [0.4, 0.5) is 0 Å². The van der Waals surface area contributed by atoms with Crippen molar-refractivity contribution in [1.82, 2.24) is 4.31 Å². The van der Waals surface area contributed by atoms with Crippen LogP contribution < -0.4 is 0 Å². The minimum Gasteiger partial charge on any atom is -0.207 e. The first-order chi connectivity index (χ1) is 8.32. The van der Waals surface area contributed by atoms with Crippen molar-refractivity contribution in [3.8, 4) is 0 Å². The average Bonchev–Trinajstić information content (AvgIpc) is 2.36. The predicted molar refractivity (Wildman–Crippen MR) is 75.2 cm³/mol. The van der Waals surface area contributed by atoms with Crippen molar-refractivity contribution < 1.29 is 8.42 Å². The quantitative estimate of drug-likeness (QED) is 0.781. The highest BCUT2D eigenvalue weighted by Crippen LogP contribution is 2.23. The zero-order chi connectivity index (χ0) is 13.9. The third-order valence-corrected chi connectivity index (χ3v) is 5.64. The van der Waals surface area contributed by atoms with E-state index < -0.39 is 10.0 Å². The highest BCUT2D eigenvalue weighted by Gasteiger charge is 2.28. The summed E-state index contributed by atoms with van der Waals surface area (Å²) in [4.78, 5) is 0.301. The lowest BCUT2D eigenvalue weighted by Gasteiger charge is -2.27. The summed E-state index contributed by atoms with van der Waals surface area (Å²) in [5.74, 6) is 0.451. The van der Waals surface area contributed by atoms with Crippen LogP contribution in [0.25, 0.3) is 0 Å². The van der Waals surface area contributed by atoms with Crippen molar-refractivity contribution in [2.45, 2.75) is 37.6 Å². The molecule has 102 valence electrons. The number of hydrogen-bond donors (Lipinski definition) is 0. The molecular formula is C13H20ClNO2S. The Morgan fingerprint density at radius 2 is 1.78 bits per heavy atom. The summed E-state index contributed by atoms with van der Waals surface area (Å²) in [5.41, 5.74) is 0.641. The molecule has 1 unspecified atom stereocenters. The van der Waals surface area contributed by atoms with Gasteiger partial charge in [-0.25, -0.2) is 8.42 Å². The Kier molecular flexibility index (Phi) is 5.20. The lowest BCUT2D eigenvalue weighted by atomic mass is 10.1. The molecule has 0 saturated carbocycles. The molecule has 0 bridgehead atoms. The number of nitrogens with zero attached hydrogens (tertiary/aromatic N) is 1. The lowest BCUT2D eigenvalue weighted by molar-refractivity contribution is 0.315. The Bertz CT molecular complexity index is 499. The Hall–Kier alpha value is -0.580. The van der Waals surface area contributed by atoms with Gasteiger partial charge in [0.15, 0.2) is 0 Å². The molecule has 0 aliphatic heterocycles. The van der Waals surface area contributed by atoms with Crippen molar-refractivity contribution in [3.63, 3.8) is 0 Å². The molecule has 0 fully saturated rings. The first-order valence-corrected chi connectivity index (χ1v) is 7.91. The van der Waals surface area contributed by atoms with Gasteiger partial charge in [-0.2, -0.15) is 4.31 Å². The van der Waals surface area contributed by atoms with Gasteiger partial charge in [0, 0.05) is 19.0 Å². The number of halogens is 1. The van der Waals surface area contributed by atoms with E-state index in [4.69, 9.17) is 11.6 Å². The molecule has 0 aliphatic rings. The highest BCUT2D eigenvalue weighted by molar-refractivity contribution is 7.89. The van der Waals surface area contributed by atoms with E-state index in [9.17, 15) is 8.42 Å². The Morgan fingerprint density at radius 3 is 2.28 bits per heavy atom. The SMILES string of the molecule is CC(C)C(C)N(C)S(=O)(=O)c1ccccc1CCl. The van der Waals surface area contributed by atoms with Crippen LogP contribution in [0.3, 0.4) is 0 Å². The van der Waals surface area contributed by atoms with Gasteiger partial charge in [-0.1, -0.05) is 32.0 Å². The maximum Gasteiger partial charge on any atom is 0.243 e. The summed E-state index contributed by atoms with van der Waals surface area (Å²) in [7, 11) is -1.86. The standard InChI is InChI=1S/C13H20ClNO2S/c1-10(2)11(3)15(4)18(16,17)13-8-6-5-7-12(13)9-14/h5-8,10-11H,9H2,1-4H3. The molecule has 1 rings (SSSR count). The normalized spacial score (nSPS) is 14.2. The van der Waals surface area contributed by atoms with Crippen LogP contribution in [0.1, 0.15) is 26.3 Å². The molecule has 0 aromatic heterocycles. The van der Waals surface area contributed by atoms with E-state index in [1.165, 1.54) is 4.31 Å². The number of benzene rings is 1. The summed E-state index contributed by atoms with van der Waals surface area (Å²) in [6.45, 7) is 5.92. The van der Waals surface area contributed by atoms with Crippen molar-refractivity contribution in [3.05, 3.63) is 29.8 Å². The number of alkyl halides is 1. The molecular weight excluding hydrogens is 270 g/mol. The Balaban J connectivity index is 3.21. The second-order valence-corrected chi connectivity index (χ2v) is 6.98. The molecule has 5 heteroatoms. The average molecular weight is 290 g/mol. The summed E-state index contributed by atoms with van der Waals surface area (Å²) < 4.78 is 26.5. The Labute approximate surface area is 115 Å². The third kappa shape index (κ3) is 3.05. The maximum atomic E-state index is 12.5. The van der Waals surface area contributed by atoms with Crippen LogP contribution in [0.2, 0.25) is 0 Å². The maximum absolute atomic E-state index is 12.5. The largest absolute Gasteiger partial charge is 0.243 e. The van der Waals surface area contributed by atoms with Gasteiger partial charge in [-0.3, -0.25) is 0 Å². The molecule has 0 spiro atoms. The lowest BCUT2D eigenvalue weighted by Crippen LogP contribution is -2.38. The van der Waals surface area contributed by atoms with Crippen LogP contribution in [0, 0.1) is 5.92 Å². The number of rotatable bonds is 5. The zero-order valence-corrected chi connectivity index (χ0v) is 12.8. The minimum atomic E-state index is -3.48. The minimum absolute atomic E-state index is 0.0571. The summed E-state index contributed by atoms with van der Waals surface area (Å²) >= 11 is 5.80. The molecule has 0 saturated heterocycles. The van der Waals surface area contributed by atoms with Crippen LogP contribution in [0.5, 0.6) is 0 Å². The van der Waals surface area contributed by atoms with Gasteiger partial charge in [0.05, 0.1) is 4.90 Å². The van der Waals surface area contributed by atoms with Crippen molar-refractivity contribution in [1.29, 1.82) is 0 Å². The van der Waals surface area contributed by atoms with Gasteiger partial charge >= 0.3 is 0 Å². The van der Waals surface area contributed by atoms with Crippen LogP contribution in [-0.2, 0) is 15.9 Å². The van der Waals surface area contributed by atoms with Gasteiger partial charge in [-0.05, 0) is 24.5 Å². The molecule has 0 heterocycles. The molecule has 1 aromatic rings. The number of sulfonamides is 1. The summed E-state index contributed by atoms with van der Waals surface area (Å²) in [6.07, 6.45) is 0. The molecule has 1 atom stereocenters. The van der Waals surface area contributed by atoms with Crippen molar-refractivity contribution >= 4 is 21.6 Å². The second kappa shape index (κ2) is 6.04. The molecule has 0 aliphatic carbocycles. The fourth-order valence-electron chi connectivity index (χ4n) is 1.66. The topological polar surface area (TPSA) is 37.4 Å². The van der Waals surface area contributed by atoms with E-state index in [1.54, 1.807) is 31.3 Å². The molecule has 0 radical (unpaired) electrons. The van der Waals surface area contributed by atoms with E-state index in [0.717, 1.165) is 0 Å². The van der Waals surface area contributed by atoms with E-state index in [-0.39, 0.29) is 17.8 Å². The van der Waals surface area contributed by atoms with E-state index in [0.29, 0.717) is 10.5 Å². The van der Waals surface area contributed by atoms with Crippen molar-refractivity contribution in [2.24, 2.45) is 5.92 Å². The van der Waals surface area contributed by atoms with Crippen LogP contribution in [-0.4, -0.2) is 25.8 Å². The van der Waals surface area contributed by atoms with E-state index in [1.807, 2.05) is 20.8 Å². The van der Waals surface area contributed by atoms with E-state index >= 15 is 0 Å². The summed E-state index contributed by atoms with van der Waals surface area (Å²) in [5, 5.41) is 0. The fourth-order valence-corrected chi connectivity index (χ4v) is 3.69. The zero-order valence-electron chi connectivity index (χ0n) is 11.2. The molecule has 0 amide bonds. The van der Waals surface area contributed by atoms with Gasteiger partial charge in [0.2, 0.25) is 10.0 Å². The smallest absolute Gasteiger partial charge is 0.207 e. The van der Waals surface area contributed by atoms with Gasteiger partial charge in [0.1, 0.15) is 0 Å².